The maximum Gasteiger partial charge on any atom is 0.407 e. The minimum absolute atomic E-state index is 0.175. The third kappa shape index (κ3) is 10.7. The molecule has 1 unspecified atom stereocenters. The van der Waals surface area contributed by atoms with Crippen LogP contribution < -0.4 is 0 Å². The van der Waals surface area contributed by atoms with E-state index in [4.69, 9.17) is 33.4 Å². The second-order valence-electron chi connectivity index (χ2n) is 5.42. The molecule has 150 valence electrons. The van der Waals surface area contributed by atoms with Gasteiger partial charge in [0.25, 0.3) is 0 Å². The van der Waals surface area contributed by atoms with Gasteiger partial charge in [-0.05, 0) is 0 Å². The molecule has 0 spiro atoms. The van der Waals surface area contributed by atoms with Gasteiger partial charge in [-0.25, -0.2) is 4.79 Å². The van der Waals surface area contributed by atoms with Gasteiger partial charge < -0.3 is 25.5 Å². The molecule has 2 radical (unpaired) electrons. The Labute approximate surface area is 154 Å². The third-order valence-electron chi connectivity index (χ3n) is 3.32. The van der Waals surface area contributed by atoms with Crippen LogP contribution in [-0.4, -0.2) is 130 Å². The van der Waals surface area contributed by atoms with Crippen molar-refractivity contribution in [1.29, 1.82) is 0 Å². The molecule has 1 amide bonds. The van der Waals surface area contributed by atoms with Crippen molar-refractivity contribution in [2.75, 3.05) is 45.8 Å². The molecule has 0 aromatic carbocycles. The molecule has 14 heteroatoms. The first-order valence-corrected chi connectivity index (χ1v) is 7.52. The van der Waals surface area contributed by atoms with E-state index >= 15 is 0 Å². The standard InChI is InChI=1S/C13H20BN3O10/c14-11(12(24)25)16(3-4-17(13(26)27)7-10(22)23)2-1-15(5-8(18)19)6-9(20)21/h11H,1-7H2,(H,18,19)(H,20,21)(H,22,23)(H,24,25)(H,26,27). The average molecular weight is 389 g/mol. The Bertz CT molecular complexity index is 557. The number of carboxylic acid groups (broad SMARTS) is 5. The Morgan fingerprint density at radius 2 is 1.15 bits per heavy atom. The van der Waals surface area contributed by atoms with E-state index < -0.39 is 55.5 Å². The van der Waals surface area contributed by atoms with E-state index in [1.807, 2.05) is 0 Å². The number of rotatable bonds is 14. The lowest BCUT2D eigenvalue weighted by Crippen LogP contribution is -2.50. The van der Waals surface area contributed by atoms with Gasteiger partial charge in [0, 0.05) is 26.2 Å². The lowest BCUT2D eigenvalue weighted by atomic mass is 9.94. The maximum atomic E-state index is 11.1. The monoisotopic (exact) mass is 389 g/mol. The maximum absolute atomic E-state index is 11.1. The highest BCUT2D eigenvalue weighted by Gasteiger charge is 2.24. The molecule has 0 aliphatic rings. The number of nitrogens with zero attached hydrogens (tertiary/aromatic N) is 3. The Balaban J connectivity index is 5.04. The van der Waals surface area contributed by atoms with Crippen molar-refractivity contribution in [3.63, 3.8) is 0 Å². The van der Waals surface area contributed by atoms with E-state index in [2.05, 4.69) is 0 Å². The normalized spacial score (nSPS) is 11.9. The molecule has 0 fully saturated rings. The minimum atomic E-state index is -1.58. The van der Waals surface area contributed by atoms with Gasteiger partial charge >= 0.3 is 30.0 Å². The Morgan fingerprint density at radius 3 is 1.52 bits per heavy atom. The molecular formula is C13H20BN3O10. The molecule has 0 aromatic rings. The number of carboxylic acids is 4. The van der Waals surface area contributed by atoms with Crippen LogP contribution in [0, 0.1) is 0 Å². The van der Waals surface area contributed by atoms with Crippen molar-refractivity contribution >= 4 is 37.8 Å². The summed E-state index contributed by atoms with van der Waals surface area (Å²) in [4.78, 5) is 57.0. The quantitative estimate of drug-likeness (QED) is 0.195. The van der Waals surface area contributed by atoms with Gasteiger partial charge in [-0.15, -0.1) is 0 Å². The molecule has 0 aliphatic heterocycles. The Hall–Kier alpha value is -2.87. The summed E-state index contributed by atoms with van der Waals surface area (Å²) in [7, 11) is 5.51. The second kappa shape index (κ2) is 11.7. The van der Waals surface area contributed by atoms with E-state index in [0.717, 1.165) is 9.80 Å². The zero-order valence-corrected chi connectivity index (χ0v) is 14.2. The fraction of sp³-hybridized carbons (Fsp3) is 0.615. The Kier molecular flexibility index (Phi) is 10.5. The van der Waals surface area contributed by atoms with E-state index in [-0.39, 0.29) is 26.2 Å². The Morgan fingerprint density at radius 1 is 0.704 bits per heavy atom. The molecule has 0 heterocycles. The third-order valence-corrected chi connectivity index (χ3v) is 3.32. The molecule has 0 saturated heterocycles. The molecule has 0 rings (SSSR count). The zero-order valence-electron chi connectivity index (χ0n) is 14.2. The van der Waals surface area contributed by atoms with Crippen LogP contribution in [0.1, 0.15) is 0 Å². The number of hydrogen-bond acceptors (Lipinski definition) is 7. The predicted octanol–water partition coefficient (Wildman–Crippen LogP) is -2.60. The second-order valence-corrected chi connectivity index (χ2v) is 5.42. The van der Waals surface area contributed by atoms with Crippen molar-refractivity contribution in [2.24, 2.45) is 0 Å². The summed E-state index contributed by atoms with van der Waals surface area (Å²) in [6.45, 7) is -3.04. The largest absolute Gasteiger partial charge is 0.481 e. The number of carbonyl (C=O) groups is 5. The topological polar surface area (TPSA) is 196 Å². The lowest BCUT2D eigenvalue weighted by molar-refractivity contribution is -0.143. The van der Waals surface area contributed by atoms with Gasteiger partial charge in [-0.2, -0.15) is 0 Å². The summed E-state index contributed by atoms with van der Waals surface area (Å²) in [5.41, 5.74) is 0. The van der Waals surface area contributed by atoms with Crippen molar-refractivity contribution in [3.8, 4) is 0 Å². The molecule has 0 aromatic heterocycles. The van der Waals surface area contributed by atoms with Crippen molar-refractivity contribution in [2.45, 2.75) is 5.94 Å². The fourth-order valence-corrected chi connectivity index (χ4v) is 2.07. The summed E-state index contributed by atoms with van der Waals surface area (Å²) in [5, 5.41) is 44.2. The van der Waals surface area contributed by atoms with Crippen LogP contribution in [0.5, 0.6) is 0 Å². The molecule has 1 atom stereocenters. The van der Waals surface area contributed by atoms with Crippen LogP contribution in [-0.2, 0) is 19.2 Å². The van der Waals surface area contributed by atoms with E-state index in [1.165, 1.54) is 0 Å². The highest BCUT2D eigenvalue weighted by Crippen LogP contribution is 2.01. The first-order chi connectivity index (χ1) is 12.4. The van der Waals surface area contributed by atoms with Gasteiger partial charge in [-0.3, -0.25) is 33.9 Å². The summed E-state index contributed by atoms with van der Waals surface area (Å²) >= 11 is 0. The lowest BCUT2D eigenvalue weighted by Gasteiger charge is -2.30. The highest BCUT2D eigenvalue weighted by molar-refractivity contribution is 6.22. The molecule has 0 bridgehead atoms. The minimum Gasteiger partial charge on any atom is -0.481 e. The number of amides is 1. The van der Waals surface area contributed by atoms with Gasteiger partial charge in [0.1, 0.15) is 14.4 Å². The molecule has 0 aliphatic carbocycles. The van der Waals surface area contributed by atoms with Crippen molar-refractivity contribution in [3.05, 3.63) is 0 Å². The summed E-state index contributed by atoms with van der Waals surface area (Å²) in [5.74, 6) is -7.01. The number of hydrogen-bond donors (Lipinski definition) is 5. The van der Waals surface area contributed by atoms with Crippen molar-refractivity contribution in [1.82, 2.24) is 14.7 Å². The highest BCUT2D eigenvalue weighted by atomic mass is 16.4. The van der Waals surface area contributed by atoms with Crippen LogP contribution in [0.15, 0.2) is 0 Å². The van der Waals surface area contributed by atoms with Gasteiger partial charge in [0.2, 0.25) is 0 Å². The molecule has 5 N–H and O–H groups in total. The fourth-order valence-electron chi connectivity index (χ4n) is 2.07. The summed E-state index contributed by atoms with van der Waals surface area (Å²) in [6, 6.07) is 0. The SMILES string of the molecule is [B]C(C(=O)O)N(CCN(CC(=O)O)CC(=O)O)CCN(CC(=O)O)C(=O)O. The van der Waals surface area contributed by atoms with Crippen LogP contribution in [0.2, 0.25) is 0 Å². The predicted molar refractivity (Wildman–Crippen MR) is 87.7 cm³/mol. The first kappa shape index (κ1) is 24.1. The van der Waals surface area contributed by atoms with E-state index in [9.17, 15) is 24.0 Å². The molecule has 13 nitrogen and oxygen atoms in total. The average Bonchev–Trinajstić information content (AvgIpc) is 2.50. The van der Waals surface area contributed by atoms with Crippen LogP contribution >= 0.6 is 0 Å². The smallest absolute Gasteiger partial charge is 0.407 e. The molecule has 27 heavy (non-hydrogen) atoms. The van der Waals surface area contributed by atoms with Crippen LogP contribution in [0.25, 0.3) is 0 Å². The summed E-state index contributed by atoms with van der Waals surface area (Å²) < 4.78 is 0. The first-order valence-electron chi connectivity index (χ1n) is 7.52. The summed E-state index contributed by atoms with van der Waals surface area (Å²) in [6.07, 6.45) is -1.53. The van der Waals surface area contributed by atoms with Gasteiger partial charge in [0.15, 0.2) is 0 Å². The zero-order chi connectivity index (χ0) is 21.1. The van der Waals surface area contributed by atoms with Crippen molar-refractivity contribution < 1.29 is 49.5 Å². The number of aliphatic carboxylic acids is 4. The molecular weight excluding hydrogens is 369 g/mol. The van der Waals surface area contributed by atoms with Crippen LogP contribution in [0.3, 0.4) is 0 Å². The molecule has 0 saturated carbocycles. The van der Waals surface area contributed by atoms with Crippen LogP contribution in [0.4, 0.5) is 4.79 Å². The van der Waals surface area contributed by atoms with Gasteiger partial charge in [-0.1, -0.05) is 0 Å². The van der Waals surface area contributed by atoms with E-state index in [1.54, 1.807) is 0 Å². The van der Waals surface area contributed by atoms with E-state index in [0.29, 0.717) is 4.90 Å². The van der Waals surface area contributed by atoms with Gasteiger partial charge in [0.05, 0.1) is 19.0 Å².